The fourth-order valence-electron chi connectivity index (χ4n) is 3.25. The minimum Gasteiger partial charge on any atom is -0.481 e. The van der Waals surface area contributed by atoms with Crippen molar-refractivity contribution in [1.29, 1.82) is 0 Å². The zero-order chi connectivity index (χ0) is 18.1. The second-order valence-corrected chi connectivity index (χ2v) is 7.03. The highest BCUT2D eigenvalue weighted by Crippen LogP contribution is 2.39. The standard InChI is InChI=1S/C17H15BrFN5OS/c1-25-14-9-11(7-8-20-14)13-6-5-10-3-2-4-12(10)15(13)21-17-22-16(18)23-24(17)26-19/h5-9H,2-4H2,1H3,(H,21,22,23). The first-order valence-electron chi connectivity index (χ1n) is 8.03. The van der Waals surface area contributed by atoms with Gasteiger partial charge in [-0.25, -0.2) is 4.98 Å². The van der Waals surface area contributed by atoms with Gasteiger partial charge < -0.3 is 10.1 Å². The van der Waals surface area contributed by atoms with Crippen LogP contribution in [-0.4, -0.2) is 26.3 Å². The zero-order valence-electron chi connectivity index (χ0n) is 13.9. The number of rotatable bonds is 5. The molecule has 0 saturated heterocycles. The number of fused-ring (bicyclic) bond motifs is 1. The number of ether oxygens (including phenoxy) is 1. The lowest BCUT2D eigenvalue weighted by Crippen LogP contribution is -2.03. The van der Waals surface area contributed by atoms with Crippen LogP contribution in [0.25, 0.3) is 11.1 Å². The molecule has 1 aliphatic rings. The number of aromatic nitrogens is 4. The monoisotopic (exact) mass is 435 g/mol. The Morgan fingerprint density at radius 1 is 1.31 bits per heavy atom. The highest BCUT2D eigenvalue weighted by atomic mass is 79.9. The van der Waals surface area contributed by atoms with Crippen molar-refractivity contribution in [3.8, 4) is 17.0 Å². The van der Waals surface area contributed by atoms with Crippen molar-refractivity contribution in [2.45, 2.75) is 19.3 Å². The molecule has 6 nitrogen and oxygen atoms in total. The Bertz CT molecular complexity index is 964. The van der Waals surface area contributed by atoms with Gasteiger partial charge in [0.2, 0.25) is 16.6 Å². The van der Waals surface area contributed by atoms with Crippen LogP contribution in [0.3, 0.4) is 0 Å². The van der Waals surface area contributed by atoms with Crippen LogP contribution in [0.4, 0.5) is 15.5 Å². The van der Waals surface area contributed by atoms with Crippen molar-refractivity contribution in [3.63, 3.8) is 0 Å². The maximum atomic E-state index is 13.2. The third-order valence-corrected chi connectivity index (χ3v) is 5.11. The predicted octanol–water partition coefficient (Wildman–Crippen LogP) is 4.72. The van der Waals surface area contributed by atoms with Gasteiger partial charge in [-0.3, -0.25) is 0 Å². The number of pyridine rings is 1. The smallest absolute Gasteiger partial charge is 0.239 e. The van der Waals surface area contributed by atoms with E-state index >= 15 is 0 Å². The second kappa shape index (κ2) is 7.24. The first kappa shape index (κ1) is 17.3. The van der Waals surface area contributed by atoms with Gasteiger partial charge in [-0.1, -0.05) is 12.1 Å². The molecule has 26 heavy (non-hydrogen) atoms. The maximum Gasteiger partial charge on any atom is 0.239 e. The van der Waals surface area contributed by atoms with E-state index in [2.05, 4.69) is 48.4 Å². The summed E-state index contributed by atoms with van der Waals surface area (Å²) in [6, 6.07) is 8.03. The number of halogens is 2. The molecule has 0 saturated carbocycles. The highest BCUT2D eigenvalue weighted by Gasteiger charge is 2.21. The van der Waals surface area contributed by atoms with E-state index in [9.17, 15) is 3.89 Å². The van der Waals surface area contributed by atoms with E-state index in [1.165, 1.54) is 11.1 Å². The molecule has 0 radical (unpaired) electrons. The molecule has 0 aliphatic heterocycles. The SMILES string of the molecule is COc1cc(-c2ccc3c(c2Nc2nc(Br)nn2SF)CCC3)ccn1. The molecule has 2 aromatic heterocycles. The molecule has 0 spiro atoms. The van der Waals surface area contributed by atoms with Crippen molar-refractivity contribution in [3.05, 3.63) is 46.3 Å². The number of benzene rings is 1. The van der Waals surface area contributed by atoms with Crippen LogP contribution < -0.4 is 10.1 Å². The number of nitrogens with one attached hydrogen (secondary N) is 1. The molecule has 0 atom stereocenters. The van der Waals surface area contributed by atoms with E-state index in [1.807, 2.05) is 12.1 Å². The summed E-state index contributed by atoms with van der Waals surface area (Å²) in [5, 5.41) is 7.25. The van der Waals surface area contributed by atoms with E-state index in [1.54, 1.807) is 13.3 Å². The van der Waals surface area contributed by atoms with Crippen molar-refractivity contribution >= 4 is 39.9 Å². The van der Waals surface area contributed by atoms with Gasteiger partial charge in [0, 0.05) is 17.8 Å². The van der Waals surface area contributed by atoms with Crippen molar-refractivity contribution in [2.75, 3.05) is 12.4 Å². The summed E-state index contributed by atoms with van der Waals surface area (Å²) in [5.41, 5.74) is 5.40. The number of anilines is 2. The van der Waals surface area contributed by atoms with Crippen molar-refractivity contribution in [2.24, 2.45) is 0 Å². The Kier molecular flexibility index (Phi) is 4.82. The highest BCUT2D eigenvalue weighted by molar-refractivity contribution is 9.10. The van der Waals surface area contributed by atoms with Gasteiger partial charge in [0.25, 0.3) is 0 Å². The maximum absolute atomic E-state index is 13.2. The number of methoxy groups -OCH3 is 1. The Hall–Kier alpha value is -2.13. The summed E-state index contributed by atoms with van der Waals surface area (Å²) >= 11 is 3.19. The molecule has 9 heteroatoms. The molecule has 0 fully saturated rings. The minimum absolute atomic E-state index is 0.00292. The predicted molar refractivity (Wildman–Crippen MR) is 103 cm³/mol. The summed E-state index contributed by atoms with van der Waals surface area (Å²) in [7, 11) is 1.59. The van der Waals surface area contributed by atoms with Crippen LogP contribution in [0.1, 0.15) is 17.5 Å². The molecule has 1 aliphatic carbocycles. The molecular formula is C17H15BrFN5OS. The van der Waals surface area contributed by atoms with Gasteiger partial charge in [-0.15, -0.1) is 13.1 Å². The van der Waals surface area contributed by atoms with Crippen LogP contribution in [0.2, 0.25) is 0 Å². The zero-order valence-corrected chi connectivity index (χ0v) is 16.3. The molecule has 3 aromatic rings. The second-order valence-electron chi connectivity index (χ2n) is 5.84. The largest absolute Gasteiger partial charge is 0.481 e. The Morgan fingerprint density at radius 3 is 3.00 bits per heavy atom. The van der Waals surface area contributed by atoms with Gasteiger partial charge in [0.1, 0.15) is 0 Å². The number of aryl methyl sites for hydroxylation is 1. The Balaban J connectivity index is 1.85. The molecule has 0 unspecified atom stereocenters. The molecule has 2 heterocycles. The van der Waals surface area contributed by atoms with Crippen LogP contribution in [0.5, 0.6) is 5.88 Å². The Morgan fingerprint density at radius 2 is 2.19 bits per heavy atom. The van der Waals surface area contributed by atoms with Crippen LogP contribution >= 0.6 is 28.3 Å². The van der Waals surface area contributed by atoms with Crippen LogP contribution in [0, 0.1) is 0 Å². The average molecular weight is 436 g/mol. The number of nitrogens with zero attached hydrogens (tertiary/aromatic N) is 4. The lowest BCUT2D eigenvalue weighted by Gasteiger charge is -2.16. The molecule has 1 N–H and O–H groups in total. The Labute approximate surface area is 162 Å². The van der Waals surface area contributed by atoms with Gasteiger partial charge in [0.05, 0.1) is 12.8 Å². The molecule has 1 aromatic carbocycles. The van der Waals surface area contributed by atoms with Crippen LogP contribution in [-0.2, 0) is 12.8 Å². The fraction of sp³-hybridized carbons (Fsp3) is 0.235. The lowest BCUT2D eigenvalue weighted by molar-refractivity contribution is 0.398. The van der Waals surface area contributed by atoms with Crippen LogP contribution in [0.15, 0.2) is 35.2 Å². The summed E-state index contributed by atoms with van der Waals surface area (Å²) in [4.78, 5) is 8.40. The van der Waals surface area contributed by atoms with Crippen molar-refractivity contribution in [1.82, 2.24) is 19.2 Å². The number of hydrogen-bond acceptors (Lipinski definition) is 6. The van der Waals surface area contributed by atoms with E-state index in [0.29, 0.717) is 16.6 Å². The normalized spacial score (nSPS) is 12.9. The summed E-state index contributed by atoms with van der Waals surface area (Å²) in [6.45, 7) is 0. The molecule has 0 amide bonds. The van der Waals surface area contributed by atoms with Gasteiger partial charge in [-0.2, -0.15) is 4.98 Å². The third kappa shape index (κ3) is 3.16. The van der Waals surface area contributed by atoms with Gasteiger partial charge in [0.15, 0.2) is 12.3 Å². The first-order valence-corrected chi connectivity index (χ1v) is 9.50. The first-order chi connectivity index (χ1) is 12.7. The topological polar surface area (TPSA) is 64.9 Å². The van der Waals surface area contributed by atoms with E-state index < -0.39 is 0 Å². The summed E-state index contributed by atoms with van der Waals surface area (Å²) < 4.78 is 19.9. The summed E-state index contributed by atoms with van der Waals surface area (Å²) in [5.74, 6) is 0.867. The van der Waals surface area contributed by atoms with E-state index in [4.69, 9.17) is 4.74 Å². The fourth-order valence-corrected chi connectivity index (χ4v) is 3.94. The molecular weight excluding hydrogens is 421 g/mol. The average Bonchev–Trinajstić information content (AvgIpc) is 3.28. The van der Waals surface area contributed by atoms with E-state index in [-0.39, 0.29) is 12.3 Å². The van der Waals surface area contributed by atoms with Gasteiger partial charge >= 0.3 is 0 Å². The minimum atomic E-state index is -0.00292. The number of hydrogen-bond donors (Lipinski definition) is 1. The third-order valence-electron chi connectivity index (χ3n) is 4.39. The van der Waals surface area contributed by atoms with Crippen molar-refractivity contribution < 1.29 is 8.62 Å². The molecule has 0 bridgehead atoms. The quantitative estimate of drug-likeness (QED) is 0.624. The molecule has 4 rings (SSSR count). The lowest BCUT2D eigenvalue weighted by atomic mass is 9.98. The summed E-state index contributed by atoms with van der Waals surface area (Å²) in [6.07, 6.45) is 4.81. The molecule has 134 valence electrons. The van der Waals surface area contributed by atoms with E-state index in [0.717, 1.165) is 40.2 Å². The van der Waals surface area contributed by atoms with Gasteiger partial charge in [-0.05, 0) is 57.9 Å².